The normalized spacial score (nSPS) is 12.4. The Kier molecular flexibility index (Phi) is 14.1. The van der Waals surface area contributed by atoms with Crippen LogP contribution in [0.25, 0.3) is 45.2 Å². The van der Waals surface area contributed by atoms with Gasteiger partial charge in [0.15, 0.2) is 0 Å². The molecule has 6 aromatic rings. The average Bonchev–Trinajstić information content (AvgIpc) is 3.61. The molecular weight excluding hydrogens is 862 g/mol. The Labute approximate surface area is 332 Å². The zero-order valence-electron chi connectivity index (χ0n) is 31.7. The number of benzene rings is 5. The van der Waals surface area contributed by atoms with Crippen molar-refractivity contribution < 1.29 is 44.5 Å². The molecule has 0 aliphatic carbocycles. The number of nitrogens with zero attached hydrogens (tertiary/aromatic N) is 2. The number of aliphatic hydroxyl groups is 2. The summed E-state index contributed by atoms with van der Waals surface area (Å²) in [4.78, 5) is 0. The van der Waals surface area contributed by atoms with E-state index in [1.165, 1.54) is 17.2 Å². The molecule has 0 bridgehead atoms. The quantitative estimate of drug-likeness (QED) is 0.117. The van der Waals surface area contributed by atoms with Crippen LogP contribution in [-0.2, 0) is 39.3 Å². The van der Waals surface area contributed by atoms with E-state index >= 15 is 0 Å². The Morgan fingerprint density at radius 3 is 1.69 bits per heavy atom. The molecule has 0 amide bonds. The number of aromatic nitrogens is 2. The third kappa shape index (κ3) is 11.4. The van der Waals surface area contributed by atoms with Crippen molar-refractivity contribution in [1.82, 2.24) is 10.2 Å². The molecule has 5 aromatic carbocycles. The van der Waals surface area contributed by atoms with Crippen molar-refractivity contribution in [1.29, 1.82) is 0 Å². The molecule has 1 unspecified atom stereocenters. The predicted octanol–water partition coefficient (Wildman–Crippen LogP) is 11.6. The molecule has 1 aromatic heterocycles. The summed E-state index contributed by atoms with van der Waals surface area (Å²) in [5.74, 6) is -0.119. The number of aliphatic hydroxyl groups excluding tert-OH is 2. The topological polar surface area (TPSA) is 79.4 Å². The summed E-state index contributed by atoms with van der Waals surface area (Å²) in [7, 11) is 0. The number of halogens is 2. The van der Waals surface area contributed by atoms with E-state index in [0.717, 1.165) is 52.8 Å². The smallest absolute Gasteiger partial charge is 0.513 e. The van der Waals surface area contributed by atoms with E-state index in [2.05, 4.69) is 91.6 Å². The SMILES string of the molecule is CC(C)(C)c1ccc(-c2nnc(-c3ccc(-c4ccc(CCc5c[c-]c(-c6[c-]cc(F)cc6F)cc5)cc4)cc3)o2)cc1.CC(O)=CC(O)C(C)(C)C.[Pt+2]. The minimum Gasteiger partial charge on any atom is -0.513 e. The first-order chi connectivity index (χ1) is 25.1. The van der Waals surface area contributed by atoms with Gasteiger partial charge in [-0.1, -0.05) is 103 Å². The fourth-order valence-electron chi connectivity index (χ4n) is 5.43. The molecule has 54 heavy (non-hydrogen) atoms. The van der Waals surface area contributed by atoms with Gasteiger partial charge in [-0.05, 0) is 82.6 Å². The maximum absolute atomic E-state index is 14.1. The average molecular weight is 908 g/mol. The molecule has 0 fully saturated rings. The Morgan fingerprint density at radius 1 is 0.722 bits per heavy atom. The van der Waals surface area contributed by atoms with Crippen molar-refractivity contribution in [3.8, 4) is 45.2 Å². The number of allylic oxidation sites excluding steroid dienone is 1. The van der Waals surface area contributed by atoms with Gasteiger partial charge in [-0.3, -0.25) is 8.78 Å². The van der Waals surface area contributed by atoms with Gasteiger partial charge in [-0.2, -0.15) is 35.9 Å². The van der Waals surface area contributed by atoms with E-state index in [1.807, 2.05) is 57.2 Å². The van der Waals surface area contributed by atoms with Crippen molar-refractivity contribution in [2.24, 2.45) is 5.41 Å². The fraction of sp³-hybridized carbons (Fsp3) is 0.261. The van der Waals surface area contributed by atoms with Crippen LogP contribution in [0.5, 0.6) is 0 Å². The molecule has 8 heteroatoms. The van der Waals surface area contributed by atoms with E-state index in [-0.39, 0.29) is 43.2 Å². The molecule has 2 N–H and O–H groups in total. The summed E-state index contributed by atoms with van der Waals surface area (Å²) >= 11 is 0. The second-order valence-electron chi connectivity index (χ2n) is 15.3. The summed E-state index contributed by atoms with van der Waals surface area (Å²) < 4.78 is 33.2. The maximum Gasteiger partial charge on any atom is 2.00 e. The van der Waals surface area contributed by atoms with Gasteiger partial charge in [-0.25, -0.2) is 5.56 Å². The van der Waals surface area contributed by atoms with E-state index in [9.17, 15) is 13.9 Å². The van der Waals surface area contributed by atoms with E-state index in [4.69, 9.17) is 9.52 Å². The number of aryl methyl sites for hydroxylation is 2. The van der Waals surface area contributed by atoms with Crippen LogP contribution in [0.3, 0.4) is 0 Å². The maximum atomic E-state index is 14.1. The molecule has 0 spiro atoms. The molecule has 0 radical (unpaired) electrons. The third-order valence-corrected chi connectivity index (χ3v) is 8.84. The molecule has 1 heterocycles. The monoisotopic (exact) mass is 907 g/mol. The largest absolute Gasteiger partial charge is 2.00 e. The first-order valence-corrected chi connectivity index (χ1v) is 17.6. The second kappa shape index (κ2) is 18.1. The molecule has 6 rings (SSSR count). The van der Waals surface area contributed by atoms with Gasteiger partial charge in [0.2, 0.25) is 11.8 Å². The van der Waals surface area contributed by atoms with Crippen LogP contribution in [0.2, 0.25) is 0 Å². The van der Waals surface area contributed by atoms with Gasteiger partial charge >= 0.3 is 21.1 Å². The Hall–Kier alpha value is -4.71. The van der Waals surface area contributed by atoms with Gasteiger partial charge in [0.1, 0.15) is 0 Å². The molecule has 282 valence electrons. The zero-order valence-corrected chi connectivity index (χ0v) is 33.9. The zero-order chi connectivity index (χ0) is 38.3. The van der Waals surface area contributed by atoms with Crippen LogP contribution in [0, 0.1) is 29.2 Å². The van der Waals surface area contributed by atoms with Gasteiger partial charge in [0.05, 0.1) is 11.9 Å². The summed E-state index contributed by atoms with van der Waals surface area (Å²) in [5, 5.41) is 26.6. The van der Waals surface area contributed by atoms with Crippen LogP contribution in [-0.4, -0.2) is 26.5 Å². The first-order valence-electron chi connectivity index (χ1n) is 17.6. The van der Waals surface area contributed by atoms with Crippen LogP contribution in [0.4, 0.5) is 8.78 Å². The van der Waals surface area contributed by atoms with Crippen molar-refractivity contribution in [3.05, 3.63) is 155 Å². The number of hydrogen-bond acceptors (Lipinski definition) is 5. The van der Waals surface area contributed by atoms with E-state index in [1.54, 1.807) is 13.0 Å². The molecule has 0 saturated heterocycles. The predicted molar refractivity (Wildman–Crippen MR) is 208 cm³/mol. The third-order valence-electron chi connectivity index (χ3n) is 8.84. The molecular formula is C46H46F2N2O3Pt. The van der Waals surface area contributed by atoms with Crippen LogP contribution in [0.15, 0.2) is 119 Å². The van der Waals surface area contributed by atoms with Crippen molar-refractivity contribution in [2.45, 2.75) is 72.8 Å². The number of hydrogen-bond donors (Lipinski definition) is 2. The van der Waals surface area contributed by atoms with Gasteiger partial charge in [0.25, 0.3) is 0 Å². The first kappa shape index (κ1) is 42.0. The summed E-state index contributed by atoms with van der Waals surface area (Å²) in [5.41, 5.74) is 8.23. The minimum absolute atomic E-state index is 0. The molecule has 0 aliphatic rings. The number of rotatable bonds is 8. The van der Waals surface area contributed by atoms with Crippen LogP contribution >= 0.6 is 0 Å². The Bertz CT molecular complexity index is 2120. The molecule has 5 nitrogen and oxygen atoms in total. The standard InChI is InChI=1S/C38H30F2N2O.C8H16O2.Pt/c1-38(2,3)32-20-18-31(19-21-32)37-42-41-36(43-37)30-16-14-28(15-17-30)27-10-6-25(7-11-27)4-5-26-8-12-29(13-9-26)34-23-22-33(39)24-35(34)40;1-6(9)5-7(10)8(2,3)4;/h6-12,14-22,24H,4-5H2,1-3H3;5,7,9-10H,1-4H3;/q-2;;+2. The van der Waals surface area contributed by atoms with Crippen molar-refractivity contribution in [2.75, 3.05) is 0 Å². The summed E-state index contributed by atoms with van der Waals surface area (Å²) in [6, 6.07) is 38.3. The van der Waals surface area contributed by atoms with Crippen LogP contribution < -0.4 is 0 Å². The summed E-state index contributed by atoms with van der Waals surface area (Å²) in [6.45, 7) is 13.9. The Morgan fingerprint density at radius 2 is 1.22 bits per heavy atom. The molecule has 0 aliphatic heterocycles. The second-order valence-corrected chi connectivity index (χ2v) is 15.3. The minimum atomic E-state index is -0.642. The van der Waals surface area contributed by atoms with Gasteiger partial charge in [0, 0.05) is 16.9 Å². The van der Waals surface area contributed by atoms with Crippen molar-refractivity contribution >= 4 is 0 Å². The van der Waals surface area contributed by atoms with Crippen LogP contribution in [0.1, 0.15) is 65.2 Å². The summed E-state index contributed by atoms with van der Waals surface area (Å²) in [6.07, 6.45) is 2.56. The van der Waals surface area contributed by atoms with E-state index < -0.39 is 17.7 Å². The van der Waals surface area contributed by atoms with E-state index in [0.29, 0.717) is 17.3 Å². The molecule has 0 saturated carbocycles. The van der Waals surface area contributed by atoms with Crippen molar-refractivity contribution in [3.63, 3.8) is 0 Å². The van der Waals surface area contributed by atoms with Gasteiger partial charge in [-0.15, -0.1) is 21.8 Å². The Balaban J connectivity index is 0.000000521. The van der Waals surface area contributed by atoms with Gasteiger partial charge < -0.3 is 14.6 Å². The molecule has 1 atom stereocenters. The fourth-order valence-corrected chi connectivity index (χ4v) is 5.43.